The van der Waals surface area contributed by atoms with Crippen molar-refractivity contribution in [2.24, 2.45) is 5.84 Å². The number of hydroxylamine groups is 4. The van der Waals surface area contributed by atoms with Crippen LogP contribution >= 0.6 is 0 Å². The standard InChI is InChI=1S/C16H14N4O8/c17-18-10-7-8(15(25)27-19-11(21)3-4-12(19)22)1-2-9(10)16(26)28-20-13(23)5-6-14(20)24/h1-2,7,18H,3-6,17H2. The number of hydrogen-bond donors (Lipinski definition) is 2. The van der Waals surface area contributed by atoms with Gasteiger partial charge in [0.15, 0.2) is 0 Å². The van der Waals surface area contributed by atoms with Gasteiger partial charge in [-0.3, -0.25) is 25.0 Å². The van der Waals surface area contributed by atoms with Gasteiger partial charge in [-0.2, -0.15) is 0 Å². The first-order valence-electron chi connectivity index (χ1n) is 8.08. The smallest absolute Gasteiger partial charge is 0.325 e. The fraction of sp³-hybridized carbons (Fsp3) is 0.250. The third-order valence-corrected chi connectivity index (χ3v) is 3.99. The van der Waals surface area contributed by atoms with E-state index in [1.807, 2.05) is 0 Å². The normalized spacial score (nSPS) is 16.6. The van der Waals surface area contributed by atoms with Gasteiger partial charge in [0.25, 0.3) is 23.6 Å². The van der Waals surface area contributed by atoms with Gasteiger partial charge in [0.2, 0.25) is 0 Å². The second-order valence-electron chi connectivity index (χ2n) is 5.83. The van der Waals surface area contributed by atoms with E-state index in [1.54, 1.807) is 0 Å². The molecular formula is C16H14N4O8. The lowest BCUT2D eigenvalue weighted by Gasteiger charge is -2.15. The average molecular weight is 390 g/mol. The Hall–Kier alpha value is -3.80. The van der Waals surface area contributed by atoms with Crippen LogP contribution in [0.3, 0.4) is 0 Å². The number of rotatable bonds is 5. The lowest BCUT2D eigenvalue weighted by Crippen LogP contribution is -2.33. The maximum Gasteiger partial charge on any atom is 0.366 e. The molecule has 3 rings (SSSR count). The summed E-state index contributed by atoms with van der Waals surface area (Å²) in [6.45, 7) is 0. The molecule has 1 aromatic rings. The molecule has 1 aromatic carbocycles. The predicted molar refractivity (Wildman–Crippen MR) is 87.3 cm³/mol. The highest BCUT2D eigenvalue weighted by Gasteiger charge is 2.35. The number of nitrogens with two attached hydrogens (primary N) is 1. The molecule has 2 fully saturated rings. The van der Waals surface area contributed by atoms with Crippen LogP contribution in [0.5, 0.6) is 0 Å². The van der Waals surface area contributed by atoms with E-state index in [-0.39, 0.29) is 42.5 Å². The van der Waals surface area contributed by atoms with E-state index in [0.29, 0.717) is 10.1 Å². The summed E-state index contributed by atoms with van der Waals surface area (Å²) in [5.74, 6) is 0.684. The summed E-state index contributed by atoms with van der Waals surface area (Å²) in [5.41, 5.74) is 1.83. The molecule has 2 heterocycles. The largest absolute Gasteiger partial charge is 0.366 e. The highest BCUT2D eigenvalue weighted by molar-refractivity contribution is 6.05. The molecule has 28 heavy (non-hydrogen) atoms. The molecule has 0 aliphatic carbocycles. The molecule has 146 valence electrons. The van der Waals surface area contributed by atoms with Crippen LogP contribution < -0.4 is 11.3 Å². The quantitative estimate of drug-likeness (QED) is 0.377. The summed E-state index contributed by atoms with van der Waals surface area (Å²) in [6.07, 6.45) is -0.236. The molecule has 2 aliphatic rings. The van der Waals surface area contributed by atoms with E-state index < -0.39 is 35.6 Å². The first-order chi connectivity index (χ1) is 13.3. The van der Waals surface area contributed by atoms with E-state index in [2.05, 4.69) is 5.43 Å². The summed E-state index contributed by atoms with van der Waals surface area (Å²) in [5, 5.41) is 0.750. The maximum absolute atomic E-state index is 12.2. The molecule has 3 N–H and O–H groups in total. The highest BCUT2D eigenvalue weighted by Crippen LogP contribution is 2.22. The van der Waals surface area contributed by atoms with Gasteiger partial charge >= 0.3 is 11.9 Å². The minimum Gasteiger partial charge on any atom is -0.325 e. The van der Waals surface area contributed by atoms with Gasteiger partial charge in [0.1, 0.15) is 0 Å². The first-order valence-corrected chi connectivity index (χ1v) is 8.08. The lowest BCUT2D eigenvalue weighted by atomic mass is 10.1. The van der Waals surface area contributed by atoms with Gasteiger partial charge in [-0.15, -0.1) is 10.1 Å². The van der Waals surface area contributed by atoms with Crippen molar-refractivity contribution in [3.63, 3.8) is 0 Å². The molecule has 0 atom stereocenters. The Morgan fingerprint density at radius 2 is 1.29 bits per heavy atom. The fourth-order valence-electron chi connectivity index (χ4n) is 2.55. The van der Waals surface area contributed by atoms with Crippen molar-refractivity contribution < 1.29 is 38.4 Å². The zero-order valence-electron chi connectivity index (χ0n) is 14.3. The molecule has 2 aliphatic heterocycles. The maximum atomic E-state index is 12.2. The number of hydrogen-bond acceptors (Lipinski definition) is 10. The van der Waals surface area contributed by atoms with Crippen LogP contribution in [-0.4, -0.2) is 45.7 Å². The lowest BCUT2D eigenvalue weighted by molar-refractivity contribution is -0.173. The van der Waals surface area contributed by atoms with Crippen LogP contribution in [0.1, 0.15) is 46.4 Å². The summed E-state index contributed by atoms with van der Waals surface area (Å²) in [6, 6.07) is 3.43. The number of imide groups is 2. The van der Waals surface area contributed by atoms with E-state index in [1.165, 1.54) is 6.07 Å². The van der Waals surface area contributed by atoms with Crippen LogP contribution in [-0.2, 0) is 28.9 Å². The van der Waals surface area contributed by atoms with Gasteiger partial charge < -0.3 is 15.1 Å². The molecule has 0 bridgehead atoms. The van der Waals surface area contributed by atoms with E-state index in [9.17, 15) is 28.8 Å². The molecule has 0 unspecified atom stereocenters. The Morgan fingerprint density at radius 1 is 0.821 bits per heavy atom. The molecule has 0 aromatic heterocycles. The Kier molecular flexibility index (Phi) is 5.04. The van der Waals surface area contributed by atoms with Crippen molar-refractivity contribution in [2.45, 2.75) is 25.7 Å². The number of benzene rings is 1. The number of carbonyl (C=O) groups excluding carboxylic acids is 6. The number of hydrazine groups is 1. The number of nitrogens with zero attached hydrogens (tertiary/aromatic N) is 2. The van der Waals surface area contributed by atoms with Crippen molar-refractivity contribution in [1.29, 1.82) is 0 Å². The Morgan fingerprint density at radius 3 is 1.75 bits per heavy atom. The van der Waals surface area contributed by atoms with E-state index in [0.717, 1.165) is 12.1 Å². The minimum atomic E-state index is -1.05. The summed E-state index contributed by atoms with van der Waals surface area (Å²) in [4.78, 5) is 80.0. The Bertz CT molecular complexity index is 880. The summed E-state index contributed by atoms with van der Waals surface area (Å²) < 4.78 is 0. The van der Waals surface area contributed by atoms with E-state index in [4.69, 9.17) is 15.5 Å². The summed E-state index contributed by atoms with van der Waals surface area (Å²) in [7, 11) is 0. The van der Waals surface area contributed by atoms with Gasteiger partial charge in [0.05, 0.1) is 16.8 Å². The summed E-state index contributed by atoms with van der Waals surface area (Å²) >= 11 is 0. The Balaban J connectivity index is 1.76. The average Bonchev–Trinajstić information content (AvgIpc) is 3.17. The number of nitrogen functional groups attached to an aromatic ring is 1. The van der Waals surface area contributed by atoms with Gasteiger partial charge in [0, 0.05) is 25.7 Å². The van der Waals surface area contributed by atoms with Gasteiger partial charge in [-0.05, 0) is 18.2 Å². The zero-order chi connectivity index (χ0) is 20.4. The molecule has 2 saturated heterocycles. The monoisotopic (exact) mass is 390 g/mol. The van der Waals surface area contributed by atoms with Crippen molar-refractivity contribution in [2.75, 3.05) is 5.43 Å². The van der Waals surface area contributed by atoms with E-state index >= 15 is 0 Å². The first kappa shape index (κ1) is 19.0. The molecule has 0 radical (unpaired) electrons. The zero-order valence-corrected chi connectivity index (χ0v) is 14.3. The van der Waals surface area contributed by atoms with Crippen LogP contribution in [0.25, 0.3) is 0 Å². The highest BCUT2D eigenvalue weighted by atomic mass is 16.7. The third-order valence-electron chi connectivity index (χ3n) is 3.99. The molecule has 12 heteroatoms. The minimum absolute atomic E-state index is 0.0551. The SMILES string of the molecule is NNc1cc(C(=O)ON2C(=O)CCC2=O)ccc1C(=O)ON1C(=O)CCC1=O. The second-order valence-corrected chi connectivity index (χ2v) is 5.83. The van der Waals surface area contributed by atoms with Crippen molar-refractivity contribution in [3.8, 4) is 0 Å². The molecule has 0 saturated carbocycles. The van der Waals surface area contributed by atoms with Crippen LogP contribution in [0.15, 0.2) is 18.2 Å². The number of amides is 4. The third kappa shape index (κ3) is 3.53. The predicted octanol–water partition coefficient (Wildman–Crippen LogP) is -0.586. The number of carbonyl (C=O) groups is 6. The molecule has 12 nitrogen and oxygen atoms in total. The molecular weight excluding hydrogens is 376 g/mol. The van der Waals surface area contributed by atoms with Crippen LogP contribution in [0.2, 0.25) is 0 Å². The van der Waals surface area contributed by atoms with Gasteiger partial charge in [-0.25, -0.2) is 9.59 Å². The second kappa shape index (κ2) is 7.44. The number of anilines is 1. The Labute approximate surface area is 157 Å². The molecule has 4 amide bonds. The topological polar surface area (TPSA) is 165 Å². The van der Waals surface area contributed by atoms with Crippen molar-refractivity contribution in [3.05, 3.63) is 29.3 Å². The van der Waals surface area contributed by atoms with Crippen LogP contribution in [0.4, 0.5) is 5.69 Å². The number of nitrogens with one attached hydrogen (secondary N) is 1. The van der Waals surface area contributed by atoms with Gasteiger partial charge in [-0.1, -0.05) is 0 Å². The fourth-order valence-corrected chi connectivity index (χ4v) is 2.55. The van der Waals surface area contributed by atoms with Crippen molar-refractivity contribution >= 4 is 41.3 Å². The molecule has 0 spiro atoms. The van der Waals surface area contributed by atoms with Crippen molar-refractivity contribution in [1.82, 2.24) is 10.1 Å². The van der Waals surface area contributed by atoms with Crippen LogP contribution in [0, 0.1) is 0 Å².